The highest BCUT2D eigenvalue weighted by Crippen LogP contribution is 1.86. The number of hydrogen-bond acceptors (Lipinski definition) is 14. The lowest BCUT2D eigenvalue weighted by Crippen LogP contribution is -2.23. The van der Waals surface area contributed by atoms with Crippen LogP contribution in [0.2, 0.25) is 0 Å². The molecule has 286 valence electrons. The fourth-order valence-electron chi connectivity index (χ4n) is 1.84. The summed E-state index contributed by atoms with van der Waals surface area (Å²) in [5.41, 5.74) is 40.2. The predicted octanol–water partition coefficient (Wildman–Crippen LogP) is -6.99. The Balaban J connectivity index is -0.000000161. The molecule has 0 saturated heterocycles. The van der Waals surface area contributed by atoms with Crippen LogP contribution in [0.4, 0.5) is 0 Å². The van der Waals surface area contributed by atoms with Crippen LogP contribution in [-0.2, 0) is 28.5 Å². The average molecular weight is 707 g/mol. The van der Waals surface area contributed by atoms with E-state index in [4.69, 9.17) is 95.5 Å². The normalized spacial score (nSPS) is 9.17. The van der Waals surface area contributed by atoms with Crippen molar-refractivity contribution in [1.82, 2.24) is 0 Å². The van der Waals surface area contributed by atoms with E-state index in [1.807, 2.05) is 0 Å². The number of rotatable bonds is 23. The van der Waals surface area contributed by atoms with Gasteiger partial charge in [-0.3, -0.25) is 29.6 Å². The molecule has 0 aliphatic rings. The molecule has 0 unspecified atom stereocenters. The first-order chi connectivity index (χ1) is 22.7. The lowest BCUT2D eigenvalue weighted by molar-refractivity contribution is -0.143. The Morgan fingerprint density at radius 3 is 0.708 bits per heavy atom. The first kappa shape index (κ1) is 53.2. The smallest absolute Gasteiger partial charge is 0.303 e. The van der Waals surface area contributed by atoms with Crippen molar-refractivity contribution in [2.45, 2.75) is 12.8 Å². The van der Waals surface area contributed by atoms with Crippen LogP contribution in [0.25, 0.3) is 0 Å². The molecular formula is C24H58N12O12. The first-order valence-electron chi connectivity index (χ1n) is 14.1. The second kappa shape index (κ2) is 47.1. The first-order valence-corrected chi connectivity index (χ1v) is 14.1. The lowest BCUT2D eigenvalue weighted by atomic mass is 10.3. The fraction of sp³-hybridized carbons (Fsp3) is 0.750. The summed E-state index contributed by atoms with van der Waals surface area (Å²) in [6.07, 6.45) is -0.593. The fourth-order valence-corrected chi connectivity index (χ4v) is 1.84. The Bertz CT molecular complexity index is 704. The van der Waals surface area contributed by atoms with Crippen LogP contribution in [-0.4, -0.2) is 172 Å². The molecule has 0 aromatic carbocycles. The van der Waals surface area contributed by atoms with E-state index in [0.717, 1.165) is 0 Å². The molecule has 0 bridgehead atoms. The van der Waals surface area contributed by atoms with Crippen LogP contribution in [0.15, 0.2) is 20.0 Å². The van der Waals surface area contributed by atoms with Gasteiger partial charge in [-0.25, -0.2) is 0 Å². The summed E-state index contributed by atoms with van der Waals surface area (Å²) in [5.74, 6) is -1.90. The van der Waals surface area contributed by atoms with E-state index in [2.05, 4.69) is 20.0 Å². The number of aliphatic carboxylic acids is 2. The molecule has 0 radical (unpaired) electrons. The zero-order valence-corrected chi connectivity index (χ0v) is 27.3. The Hall–Kier alpha value is -4.30. The van der Waals surface area contributed by atoms with Gasteiger partial charge in [-0.1, -0.05) is 0 Å². The molecule has 0 saturated carbocycles. The van der Waals surface area contributed by atoms with Gasteiger partial charge in [0.2, 0.25) is 0 Å². The summed E-state index contributed by atoms with van der Waals surface area (Å²) in [4.78, 5) is 33.9. The second-order valence-corrected chi connectivity index (χ2v) is 7.86. The van der Waals surface area contributed by atoms with Crippen molar-refractivity contribution in [2.75, 3.05) is 105 Å². The van der Waals surface area contributed by atoms with E-state index in [-0.39, 0.29) is 63.1 Å². The molecule has 0 aromatic heterocycles. The zero-order valence-electron chi connectivity index (χ0n) is 27.3. The molecule has 0 rings (SSSR count). The van der Waals surface area contributed by atoms with Crippen molar-refractivity contribution in [3.8, 4) is 0 Å². The van der Waals surface area contributed by atoms with Gasteiger partial charge in [-0.15, -0.1) is 0 Å². The van der Waals surface area contributed by atoms with Crippen LogP contribution >= 0.6 is 0 Å². The van der Waals surface area contributed by atoms with Gasteiger partial charge in [0.1, 0.15) is 0 Å². The maximum Gasteiger partial charge on any atom is 0.303 e. The Morgan fingerprint density at radius 1 is 0.396 bits per heavy atom. The maximum absolute atomic E-state index is 9.64. The molecule has 48 heavy (non-hydrogen) atoms. The number of aliphatic hydroxyl groups is 4. The van der Waals surface area contributed by atoms with Crippen molar-refractivity contribution < 1.29 is 59.2 Å². The standard InChI is InChI=1S/4C5H13N3O2.C4H6O4/c4*6-5(7)8-1-3-10-4-2-9;5-3(6)1-2-4(7)8/h4*9H,1-4H2,(H4,6,7,8);1-2H2,(H,5,6)(H,7,8). The number of ether oxygens (including phenoxy) is 4. The van der Waals surface area contributed by atoms with Gasteiger partial charge in [0, 0.05) is 0 Å². The van der Waals surface area contributed by atoms with E-state index >= 15 is 0 Å². The number of carboxylic acid groups (broad SMARTS) is 2. The highest BCUT2D eigenvalue weighted by Gasteiger charge is 2.00. The molecule has 0 atom stereocenters. The molecule has 0 fully saturated rings. The van der Waals surface area contributed by atoms with Crippen molar-refractivity contribution >= 4 is 35.8 Å². The molecule has 22 N–H and O–H groups in total. The highest BCUT2D eigenvalue weighted by atomic mass is 16.5. The number of aliphatic imine (C=N–C) groups is 4. The molecule has 0 spiro atoms. The molecule has 24 heteroatoms. The number of nitrogens with zero attached hydrogens (tertiary/aromatic N) is 4. The third-order valence-electron chi connectivity index (χ3n) is 3.62. The lowest BCUT2D eigenvalue weighted by Gasteiger charge is -1.97. The third-order valence-corrected chi connectivity index (χ3v) is 3.62. The summed E-state index contributed by atoms with van der Waals surface area (Å²) in [5, 5.41) is 48.9. The van der Waals surface area contributed by atoms with Gasteiger partial charge < -0.3 is 95.5 Å². The number of aliphatic hydroxyl groups excluding tert-OH is 4. The van der Waals surface area contributed by atoms with Crippen molar-refractivity contribution in [3.05, 3.63) is 0 Å². The molecule has 0 aliphatic heterocycles. The number of carboxylic acids is 2. The van der Waals surface area contributed by atoms with Crippen LogP contribution < -0.4 is 45.9 Å². The topological polar surface area (TPSA) is 450 Å². The predicted molar refractivity (Wildman–Crippen MR) is 179 cm³/mol. The van der Waals surface area contributed by atoms with Crippen LogP contribution in [0, 0.1) is 0 Å². The van der Waals surface area contributed by atoms with E-state index in [9.17, 15) is 9.59 Å². The molecule has 24 nitrogen and oxygen atoms in total. The molecule has 0 amide bonds. The summed E-state index contributed by atoms with van der Waals surface area (Å²) in [6, 6.07) is 0. The van der Waals surface area contributed by atoms with Gasteiger partial charge >= 0.3 is 11.9 Å². The van der Waals surface area contributed by atoms with E-state index in [0.29, 0.717) is 79.0 Å². The highest BCUT2D eigenvalue weighted by molar-refractivity contribution is 5.76. The second-order valence-electron chi connectivity index (χ2n) is 7.86. The zero-order chi connectivity index (χ0) is 37.8. The number of nitrogens with two attached hydrogens (primary N) is 8. The van der Waals surface area contributed by atoms with Gasteiger partial charge in [0.05, 0.1) is 118 Å². The minimum atomic E-state index is -1.08. The minimum absolute atomic E-state index is 0.0296. The van der Waals surface area contributed by atoms with Gasteiger partial charge in [-0.05, 0) is 0 Å². The van der Waals surface area contributed by atoms with Crippen LogP contribution in [0.5, 0.6) is 0 Å². The number of carbonyl (C=O) groups is 2. The Kier molecular flexibility index (Phi) is 52.2. The summed E-state index contributed by atoms with van der Waals surface area (Å²) < 4.78 is 19.5. The third kappa shape index (κ3) is 83.9. The molecule has 0 aliphatic carbocycles. The van der Waals surface area contributed by atoms with Crippen LogP contribution in [0.1, 0.15) is 12.8 Å². The van der Waals surface area contributed by atoms with E-state index in [1.165, 1.54) is 0 Å². The Labute approximate surface area is 279 Å². The summed E-state index contributed by atoms with van der Waals surface area (Å²) in [6.45, 7) is 5.01. The molecule has 0 heterocycles. The van der Waals surface area contributed by atoms with Crippen LogP contribution in [0.3, 0.4) is 0 Å². The van der Waals surface area contributed by atoms with Crippen molar-refractivity contribution in [3.63, 3.8) is 0 Å². The minimum Gasteiger partial charge on any atom is -0.481 e. The molecular weight excluding hydrogens is 648 g/mol. The van der Waals surface area contributed by atoms with Gasteiger partial charge in [0.25, 0.3) is 0 Å². The number of guanidine groups is 4. The summed E-state index contributed by atoms with van der Waals surface area (Å²) >= 11 is 0. The maximum atomic E-state index is 9.64. The van der Waals surface area contributed by atoms with Crippen molar-refractivity contribution in [2.24, 2.45) is 65.8 Å². The SMILES string of the molecule is NC(N)=NCCOCCO.NC(N)=NCCOCCO.NC(N)=NCCOCCO.NC(N)=NCCOCCO.O=C(O)CCC(=O)O. The van der Waals surface area contributed by atoms with Gasteiger partial charge in [0.15, 0.2) is 23.8 Å². The van der Waals surface area contributed by atoms with E-state index < -0.39 is 11.9 Å². The summed E-state index contributed by atoms with van der Waals surface area (Å²) in [7, 11) is 0. The Morgan fingerprint density at radius 2 is 0.583 bits per heavy atom. The number of hydrogen-bond donors (Lipinski definition) is 14. The monoisotopic (exact) mass is 706 g/mol. The molecule has 0 aromatic rings. The largest absolute Gasteiger partial charge is 0.481 e. The van der Waals surface area contributed by atoms with Gasteiger partial charge in [-0.2, -0.15) is 0 Å². The van der Waals surface area contributed by atoms with Crippen molar-refractivity contribution in [1.29, 1.82) is 0 Å². The van der Waals surface area contributed by atoms with E-state index in [1.54, 1.807) is 0 Å². The average Bonchev–Trinajstić information content (AvgIpc) is 3.00. The quantitative estimate of drug-likeness (QED) is 0.0266.